The van der Waals surface area contributed by atoms with Crippen molar-refractivity contribution in [1.82, 2.24) is 48.2 Å². The minimum absolute atomic E-state index is 0.0172. The number of aromatic nitrogens is 10. The van der Waals surface area contributed by atoms with Crippen molar-refractivity contribution in [2.75, 3.05) is 49.4 Å². The fraction of sp³-hybridized carbons (Fsp3) is 0.541. The summed E-state index contributed by atoms with van der Waals surface area (Å²) in [6.07, 6.45) is -7.98. The van der Waals surface area contributed by atoms with Gasteiger partial charge in [0.2, 0.25) is 0 Å². The molecule has 0 aromatic carbocycles. The summed E-state index contributed by atoms with van der Waals surface area (Å²) in [6, 6.07) is 4.05. The largest absolute Gasteiger partial charge is 0.780 e. The van der Waals surface area contributed by atoms with Gasteiger partial charge in [0.05, 0.1) is 57.2 Å². The fourth-order valence-electron chi connectivity index (χ4n) is 8.55. The van der Waals surface area contributed by atoms with Gasteiger partial charge in [0.25, 0.3) is 0 Å². The number of aliphatic hydroxyl groups excluding tert-OH is 2. The number of ether oxygens (including phenoxy) is 4. The lowest BCUT2D eigenvalue weighted by Gasteiger charge is -2.35. The number of hydrogen-bond donors (Lipinski definition) is 6. The van der Waals surface area contributed by atoms with E-state index in [1.54, 1.807) is 0 Å². The summed E-state index contributed by atoms with van der Waals surface area (Å²) < 4.78 is 76.7. The molecule has 4 saturated heterocycles. The number of fused-ring (bicyclic) bond motifs is 1. The first-order valence-electron chi connectivity index (χ1n) is 22.3. The quantitative estimate of drug-likeness (QED) is 0.0345. The first-order valence-corrected chi connectivity index (χ1v) is 30.0. The van der Waals surface area contributed by atoms with Crippen LogP contribution in [0, 0.1) is 0 Å². The molecule has 32 nitrogen and oxygen atoms in total. The van der Waals surface area contributed by atoms with Crippen LogP contribution in [0.1, 0.15) is 50.6 Å². The molecule has 0 aliphatic carbocycles. The van der Waals surface area contributed by atoms with Crippen LogP contribution in [0.5, 0.6) is 0 Å². The van der Waals surface area contributed by atoms with Gasteiger partial charge in [-0.1, -0.05) is 23.6 Å². The van der Waals surface area contributed by atoms with Crippen LogP contribution in [0.2, 0.25) is 0 Å². The van der Waals surface area contributed by atoms with Crippen LogP contribution in [0.4, 0.5) is 23.3 Å². The van der Waals surface area contributed by atoms with Crippen LogP contribution >= 0.6 is 20.2 Å². The SMILES string of the molecule is Nc1ccn(C2CC(O)C(COP(=O)([S-])OC3CC(n4cnc5c(N)ncnc54)OC3COP([O-])(=S)OC3CC(n4ccc(N)nc4=O)OC3COP([O-])(=S)OC3CC(n4ccc(N)nc4=O)OC3CO)O2)c(=O)n1. The molecule has 4 fully saturated rings. The summed E-state index contributed by atoms with van der Waals surface area (Å²) in [6.45, 7) is -16.2. The van der Waals surface area contributed by atoms with E-state index in [4.69, 9.17) is 105 Å². The molecule has 38 heteroatoms. The lowest BCUT2D eigenvalue weighted by atomic mass is 10.2. The van der Waals surface area contributed by atoms with E-state index in [0.717, 1.165) is 13.7 Å². The van der Waals surface area contributed by atoms with Crippen LogP contribution in [-0.4, -0.2) is 134 Å². The zero-order chi connectivity index (χ0) is 53.6. The van der Waals surface area contributed by atoms with Crippen molar-refractivity contribution in [2.24, 2.45) is 0 Å². The molecule has 0 spiro atoms. The van der Waals surface area contributed by atoms with Crippen molar-refractivity contribution in [3.63, 3.8) is 0 Å². The Morgan fingerprint density at radius 3 is 1.56 bits per heavy atom. The maximum Gasteiger partial charge on any atom is 0.351 e. The molecule has 408 valence electrons. The second kappa shape index (κ2) is 22.6. The number of nitrogens with zero attached hydrogens (tertiary/aromatic N) is 10. The molecule has 0 amide bonds. The van der Waals surface area contributed by atoms with Crippen molar-refractivity contribution in [3.8, 4) is 0 Å². The third kappa shape index (κ3) is 13.0. The molecule has 5 aromatic rings. The first-order chi connectivity index (χ1) is 35.5. The summed E-state index contributed by atoms with van der Waals surface area (Å²) >= 11 is 15.8. The molecular formula is C37H46N14O18P3S3-3. The Balaban J connectivity index is 0.882. The van der Waals surface area contributed by atoms with E-state index in [1.165, 1.54) is 54.0 Å². The lowest BCUT2D eigenvalue weighted by molar-refractivity contribution is -0.219. The molecule has 9 heterocycles. The Hall–Kier alpha value is -4.29. The van der Waals surface area contributed by atoms with Gasteiger partial charge < -0.3 is 101 Å². The Morgan fingerprint density at radius 2 is 1.07 bits per heavy atom. The Morgan fingerprint density at radius 1 is 0.640 bits per heavy atom. The third-order valence-electron chi connectivity index (χ3n) is 12.1. The number of imidazole rings is 1. The monoisotopic (exact) mass is 1160 g/mol. The molecular weight excluding hydrogens is 1120 g/mol. The summed E-state index contributed by atoms with van der Waals surface area (Å²) in [5, 5.41) is 20.8. The number of rotatable bonds is 20. The van der Waals surface area contributed by atoms with Crippen molar-refractivity contribution in [1.29, 1.82) is 0 Å². The molecule has 15 unspecified atom stereocenters. The van der Waals surface area contributed by atoms with Gasteiger partial charge in [-0.3, -0.25) is 22.8 Å². The number of nitrogens with two attached hydrogens (primary N) is 4. The van der Waals surface area contributed by atoms with E-state index in [1.807, 2.05) is 0 Å². The predicted molar refractivity (Wildman–Crippen MR) is 262 cm³/mol. The van der Waals surface area contributed by atoms with Gasteiger partial charge in [-0.25, -0.2) is 29.3 Å². The van der Waals surface area contributed by atoms with Gasteiger partial charge in [-0.05, 0) is 18.2 Å². The van der Waals surface area contributed by atoms with Gasteiger partial charge in [-0.15, -0.1) is 0 Å². The van der Waals surface area contributed by atoms with Gasteiger partial charge in [0.1, 0.15) is 92.1 Å². The zero-order valence-corrected chi connectivity index (χ0v) is 43.6. The van der Waals surface area contributed by atoms with Gasteiger partial charge in [0, 0.05) is 44.3 Å². The Labute approximate surface area is 437 Å². The van der Waals surface area contributed by atoms with E-state index in [2.05, 4.69) is 29.9 Å². The summed E-state index contributed by atoms with van der Waals surface area (Å²) in [4.78, 5) is 89.2. The third-order valence-corrected chi connectivity index (χ3v) is 16.8. The normalized spacial score (nSPS) is 30.4. The Bertz CT molecular complexity index is 3240. The second-order valence-electron chi connectivity index (χ2n) is 17.1. The zero-order valence-electron chi connectivity index (χ0n) is 38.5. The highest BCUT2D eigenvalue weighted by molar-refractivity contribution is 8.32. The average molecular weight is 1160 g/mol. The molecule has 4 aliphatic rings. The predicted octanol–water partition coefficient (Wildman–Crippen LogP) is -2.54. The first kappa shape index (κ1) is 55.5. The van der Waals surface area contributed by atoms with Gasteiger partial charge >= 0.3 is 17.1 Å². The van der Waals surface area contributed by atoms with E-state index in [-0.39, 0.29) is 60.1 Å². The minimum atomic E-state index is -4.67. The van der Waals surface area contributed by atoms with Crippen LogP contribution in [0.15, 0.2) is 63.8 Å². The van der Waals surface area contributed by atoms with Crippen LogP contribution in [0.3, 0.4) is 0 Å². The van der Waals surface area contributed by atoms with Crippen LogP contribution in [-0.2, 0) is 86.5 Å². The number of nitrogen functional groups attached to an aromatic ring is 4. The van der Waals surface area contributed by atoms with Gasteiger partial charge in [-0.2, -0.15) is 15.0 Å². The highest BCUT2D eigenvalue weighted by atomic mass is 32.7. The summed E-state index contributed by atoms with van der Waals surface area (Å²) in [7, 11) is 0. The van der Waals surface area contributed by atoms with Crippen LogP contribution in [0.25, 0.3) is 11.2 Å². The standard InChI is InChI=1S/C37H49N14O18P3S3/c38-25-1-4-48(35(54)45-25)28-7-17(53)22(64-28)12-60-70(57,73)69-20-10-31(51-16-44-32-33(41)42-15-43-34(32)51)66-24(20)14-62-72(59,75)68-19-9-30(50-6-3-27(40)47-37(50)56)65-23(19)13-61-71(58,74)67-18-8-29(63-21(18)11-52)49-5-2-26(39)46-36(49)55/h1-6,15-24,28-31,52-53H,7-14H2,(H,57,73)(H,58,74)(H,59,75)(H2,38,45,54)(H2,39,46,55)(H2,40,47,56)(H2,41,42,43)/p-3. The maximum atomic E-state index is 14.2. The summed E-state index contributed by atoms with van der Waals surface area (Å²) in [5.41, 5.74) is 21.1. The molecule has 10 N–H and O–H groups in total. The highest BCUT2D eigenvalue weighted by Gasteiger charge is 2.44. The fourth-order valence-corrected chi connectivity index (χ4v) is 12.9. The van der Waals surface area contributed by atoms with Crippen molar-refractivity contribution in [2.45, 2.75) is 99.4 Å². The van der Waals surface area contributed by atoms with Crippen LogP contribution < -0.4 is 49.8 Å². The smallest absolute Gasteiger partial charge is 0.351 e. The lowest BCUT2D eigenvalue weighted by Crippen LogP contribution is -2.33. The maximum absolute atomic E-state index is 14.2. The van der Waals surface area contributed by atoms with Crippen molar-refractivity contribution in [3.05, 3.63) is 80.9 Å². The molecule has 4 aliphatic heterocycles. The van der Waals surface area contributed by atoms with Crippen molar-refractivity contribution >= 4 is 90.5 Å². The molecule has 15 atom stereocenters. The Kier molecular flexibility index (Phi) is 16.7. The molecule has 0 radical (unpaired) electrons. The van der Waals surface area contributed by atoms with Crippen molar-refractivity contribution < 1.29 is 70.7 Å². The molecule has 5 aromatic heterocycles. The van der Waals surface area contributed by atoms with E-state index >= 15 is 0 Å². The molecule has 0 saturated carbocycles. The number of anilines is 4. The molecule has 9 rings (SSSR count). The highest BCUT2D eigenvalue weighted by Crippen LogP contribution is 2.53. The summed E-state index contributed by atoms with van der Waals surface area (Å²) in [5.74, 6) is -0.0817. The second-order valence-corrected chi connectivity index (χ2v) is 25.2. The number of aliphatic hydroxyl groups is 2. The molecule has 0 bridgehead atoms. The topological polar surface area (TPSA) is 448 Å². The van der Waals surface area contributed by atoms with E-state index in [9.17, 15) is 38.9 Å². The average Bonchev–Trinajstić information content (AvgIpc) is 4.19. The number of hydrogen-bond acceptors (Lipinski definition) is 31. The van der Waals surface area contributed by atoms with Gasteiger partial charge in [0.15, 0.2) is 18.3 Å². The van der Waals surface area contributed by atoms with E-state index < -0.39 is 137 Å². The minimum Gasteiger partial charge on any atom is -0.780 e. The van der Waals surface area contributed by atoms with E-state index in [0.29, 0.717) is 0 Å². The molecule has 75 heavy (non-hydrogen) atoms.